The molecule has 88 valence electrons. The van der Waals surface area contributed by atoms with E-state index in [9.17, 15) is 13.2 Å². The molecule has 0 atom stereocenters. The van der Waals surface area contributed by atoms with Crippen LogP contribution in [0.15, 0.2) is 21.5 Å². The lowest BCUT2D eigenvalue weighted by molar-refractivity contribution is -0.114. The Morgan fingerprint density at radius 3 is 2.44 bits per heavy atom. The van der Waals surface area contributed by atoms with Crippen molar-refractivity contribution < 1.29 is 13.2 Å². The third-order valence-corrected chi connectivity index (χ3v) is 3.96. The Balaban J connectivity index is 3.33. The lowest BCUT2D eigenvalue weighted by Gasteiger charge is -2.09. The van der Waals surface area contributed by atoms with Crippen LogP contribution in [0.2, 0.25) is 0 Å². The maximum atomic E-state index is 11.2. The minimum atomic E-state index is -3.77. The minimum absolute atomic E-state index is 0.0233. The predicted octanol–water partition coefficient (Wildman–Crippen LogP) is 2.64. The standard InChI is InChI=1S/C9H9BrClNO3S/c1-5-3-8(12-6(2)13)7(10)4-9(5)16(11,14)15/h3-4H,1-2H3,(H,12,13). The normalized spacial score (nSPS) is 11.2. The Kier molecular flexibility index (Phi) is 3.98. The van der Waals surface area contributed by atoms with Crippen molar-refractivity contribution in [2.24, 2.45) is 0 Å². The van der Waals surface area contributed by atoms with Gasteiger partial charge in [0.25, 0.3) is 9.05 Å². The number of carbonyl (C=O) groups is 1. The number of anilines is 1. The quantitative estimate of drug-likeness (QED) is 0.850. The number of nitrogens with one attached hydrogen (secondary N) is 1. The molecular formula is C9H9BrClNO3S. The van der Waals surface area contributed by atoms with E-state index in [2.05, 4.69) is 21.2 Å². The van der Waals surface area contributed by atoms with E-state index in [4.69, 9.17) is 10.7 Å². The summed E-state index contributed by atoms with van der Waals surface area (Å²) in [5.74, 6) is -0.235. The van der Waals surface area contributed by atoms with Crippen LogP contribution in [0, 0.1) is 6.92 Å². The van der Waals surface area contributed by atoms with E-state index in [0.29, 0.717) is 15.7 Å². The summed E-state index contributed by atoms with van der Waals surface area (Å²) in [6, 6.07) is 2.91. The van der Waals surface area contributed by atoms with E-state index >= 15 is 0 Å². The number of carbonyl (C=O) groups excluding carboxylic acids is 1. The van der Waals surface area contributed by atoms with Gasteiger partial charge < -0.3 is 5.32 Å². The Morgan fingerprint density at radius 2 is 2.00 bits per heavy atom. The number of halogens is 2. The molecule has 16 heavy (non-hydrogen) atoms. The van der Waals surface area contributed by atoms with E-state index in [1.807, 2.05) is 0 Å². The number of aryl methyl sites for hydroxylation is 1. The summed E-state index contributed by atoms with van der Waals surface area (Å²) in [5, 5.41) is 2.57. The van der Waals surface area contributed by atoms with Crippen LogP contribution in [0.5, 0.6) is 0 Å². The van der Waals surface area contributed by atoms with Gasteiger partial charge in [-0.15, -0.1) is 0 Å². The summed E-state index contributed by atoms with van der Waals surface area (Å²) < 4.78 is 22.9. The SMILES string of the molecule is CC(=O)Nc1cc(C)c(S(=O)(=O)Cl)cc1Br. The van der Waals surface area contributed by atoms with Gasteiger partial charge in [-0.1, -0.05) is 0 Å². The third-order valence-electron chi connectivity index (χ3n) is 1.84. The van der Waals surface area contributed by atoms with E-state index < -0.39 is 9.05 Å². The Bertz CT molecular complexity index is 542. The van der Waals surface area contributed by atoms with Gasteiger partial charge in [0.2, 0.25) is 5.91 Å². The van der Waals surface area contributed by atoms with Crippen molar-refractivity contribution >= 4 is 47.3 Å². The largest absolute Gasteiger partial charge is 0.325 e. The lowest BCUT2D eigenvalue weighted by Crippen LogP contribution is -2.07. The Hall–Kier alpha value is -0.590. The summed E-state index contributed by atoms with van der Waals surface area (Å²) in [7, 11) is 1.49. The van der Waals surface area contributed by atoms with Gasteiger partial charge in [-0.05, 0) is 40.5 Å². The average molecular weight is 327 g/mol. The van der Waals surface area contributed by atoms with Crippen LogP contribution in [-0.2, 0) is 13.8 Å². The number of rotatable bonds is 2. The monoisotopic (exact) mass is 325 g/mol. The molecule has 0 aromatic heterocycles. The molecule has 1 aromatic carbocycles. The zero-order valence-corrected chi connectivity index (χ0v) is 11.7. The summed E-state index contributed by atoms with van der Waals surface area (Å²) in [4.78, 5) is 10.9. The molecule has 0 saturated heterocycles. The first-order valence-electron chi connectivity index (χ1n) is 4.24. The maximum Gasteiger partial charge on any atom is 0.261 e. The van der Waals surface area contributed by atoms with Gasteiger partial charge in [-0.25, -0.2) is 8.42 Å². The summed E-state index contributed by atoms with van der Waals surface area (Å²) in [6.07, 6.45) is 0. The van der Waals surface area contributed by atoms with Crippen molar-refractivity contribution in [3.05, 3.63) is 22.2 Å². The molecular weight excluding hydrogens is 318 g/mol. The molecule has 0 aliphatic carbocycles. The van der Waals surface area contributed by atoms with Gasteiger partial charge in [0.1, 0.15) is 0 Å². The average Bonchev–Trinajstić information content (AvgIpc) is 2.07. The highest BCUT2D eigenvalue weighted by atomic mass is 79.9. The number of benzene rings is 1. The molecule has 0 heterocycles. The molecule has 1 aromatic rings. The predicted molar refractivity (Wildman–Crippen MR) is 66.2 cm³/mol. The van der Waals surface area contributed by atoms with Gasteiger partial charge >= 0.3 is 0 Å². The van der Waals surface area contributed by atoms with Gasteiger partial charge in [0.15, 0.2) is 0 Å². The number of hydrogen-bond donors (Lipinski definition) is 1. The van der Waals surface area contributed by atoms with Crippen LogP contribution in [0.25, 0.3) is 0 Å². The van der Waals surface area contributed by atoms with Crippen LogP contribution < -0.4 is 5.32 Å². The van der Waals surface area contributed by atoms with Crippen molar-refractivity contribution in [2.75, 3.05) is 5.32 Å². The topological polar surface area (TPSA) is 63.2 Å². The first-order chi connectivity index (χ1) is 7.21. The Morgan fingerprint density at radius 1 is 1.44 bits per heavy atom. The first-order valence-corrected chi connectivity index (χ1v) is 7.34. The summed E-state index contributed by atoms with van der Waals surface area (Å²) in [6.45, 7) is 2.97. The van der Waals surface area contributed by atoms with Crippen molar-refractivity contribution in [2.45, 2.75) is 18.7 Å². The van der Waals surface area contributed by atoms with Crippen molar-refractivity contribution in [1.29, 1.82) is 0 Å². The van der Waals surface area contributed by atoms with Gasteiger partial charge in [0.05, 0.1) is 10.6 Å². The second kappa shape index (κ2) is 4.73. The highest BCUT2D eigenvalue weighted by Gasteiger charge is 2.16. The molecule has 1 rings (SSSR count). The van der Waals surface area contributed by atoms with Crippen molar-refractivity contribution in [3.8, 4) is 0 Å². The third kappa shape index (κ3) is 3.20. The second-order valence-electron chi connectivity index (χ2n) is 3.22. The van der Waals surface area contributed by atoms with E-state index in [1.165, 1.54) is 13.0 Å². The van der Waals surface area contributed by atoms with Crippen LogP contribution in [0.1, 0.15) is 12.5 Å². The van der Waals surface area contributed by atoms with Crippen LogP contribution >= 0.6 is 26.6 Å². The zero-order valence-electron chi connectivity index (χ0n) is 8.54. The molecule has 0 aliphatic rings. The Labute approximate surface area is 107 Å². The smallest absolute Gasteiger partial charge is 0.261 e. The minimum Gasteiger partial charge on any atom is -0.325 e. The zero-order chi connectivity index (χ0) is 12.5. The van der Waals surface area contributed by atoms with Gasteiger partial charge in [-0.3, -0.25) is 4.79 Å². The number of amides is 1. The summed E-state index contributed by atoms with van der Waals surface area (Å²) >= 11 is 3.16. The molecule has 0 fully saturated rings. The van der Waals surface area contributed by atoms with Gasteiger partial charge in [0, 0.05) is 22.1 Å². The van der Waals surface area contributed by atoms with Crippen LogP contribution in [-0.4, -0.2) is 14.3 Å². The van der Waals surface area contributed by atoms with Crippen molar-refractivity contribution in [3.63, 3.8) is 0 Å². The fourth-order valence-electron chi connectivity index (χ4n) is 1.21. The lowest BCUT2D eigenvalue weighted by atomic mass is 10.2. The molecule has 1 N–H and O–H groups in total. The first kappa shape index (κ1) is 13.5. The molecule has 0 unspecified atom stereocenters. The fraction of sp³-hybridized carbons (Fsp3) is 0.222. The summed E-state index contributed by atoms with van der Waals surface area (Å²) in [5.41, 5.74) is 0.982. The van der Waals surface area contributed by atoms with Crippen LogP contribution in [0.3, 0.4) is 0 Å². The van der Waals surface area contributed by atoms with Crippen molar-refractivity contribution in [1.82, 2.24) is 0 Å². The molecule has 0 aliphatic heterocycles. The molecule has 1 amide bonds. The van der Waals surface area contributed by atoms with Crippen LogP contribution in [0.4, 0.5) is 5.69 Å². The molecule has 4 nitrogen and oxygen atoms in total. The molecule has 0 radical (unpaired) electrons. The van der Waals surface area contributed by atoms with E-state index in [1.54, 1.807) is 13.0 Å². The maximum absolute atomic E-state index is 11.2. The fourth-order valence-corrected chi connectivity index (χ4v) is 3.01. The number of hydrogen-bond acceptors (Lipinski definition) is 3. The van der Waals surface area contributed by atoms with E-state index in [0.717, 1.165) is 0 Å². The molecule has 0 saturated carbocycles. The molecule has 0 bridgehead atoms. The van der Waals surface area contributed by atoms with Gasteiger partial charge in [-0.2, -0.15) is 0 Å². The molecule has 7 heteroatoms. The second-order valence-corrected chi connectivity index (χ2v) is 6.61. The molecule has 0 spiro atoms. The van der Waals surface area contributed by atoms with E-state index in [-0.39, 0.29) is 10.8 Å². The highest BCUT2D eigenvalue weighted by molar-refractivity contribution is 9.10. The highest BCUT2D eigenvalue weighted by Crippen LogP contribution is 2.30.